The molecule has 12 nitrogen and oxygen atoms in total. The first-order valence-electron chi connectivity index (χ1n) is 8.72. The standard InChI is InChI=1S/C16H20N8O4S2/c1-3-9(2)22-30(27,28)12-6-5-11(10-4-7-13(17)19-8-10)14(15(12)29(18,25)26)16-20-23-24-21-16/h4-9,22H,3H2,1-2H3,(H2,17,19)(H2,18,25,26)(H,20,21,23,24)/t9-/m1/s1. The van der Waals surface area contributed by atoms with Gasteiger partial charge in [-0.25, -0.2) is 31.7 Å². The summed E-state index contributed by atoms with van der Waals surface area (Å²) in [7, 11) is -8.78. The van der Waals surface area contributed by atoms with E-state index < -0.39 is 35.9 Å². The number of H-pyrrole nitrogens is 1. The lowest BCUT2D eigenvalue weighted by Gasteiger charge is -2.18. The first kappa shape index (κ1) is 21.8. The smallest absolute Gasteiger partial charge is 0.242 e. The second-order valence-corrected chi connectivity index (χ2v) is 9.68. The summed E-state index contributed by atoms with van der Waals surface area (Å²) in [5, 5.41) is 18.8. The molecule has 0 fully saturated rings. The second kappa shape index (κ2) is 8.06. The number of sulfonamides is 2. The Morgan fingerprint density at radius 3 is 2.43 bits per heavy atom. The predicted octanol–water partition coefficient (Wildman–Crippen LogP) is 0.235. The SMILES string of the molecule is CC[C@@H](C)NS(=O)(=O)c1ccc(-c2ccc(N)nc2)c(-c2nn[nH]n2)c1S(N)(=O)=O. The van der Waals surface area contributed by atoms with Gasteiger partial charge in [0.05, 0.1) is 5.56 Å². The molecule has 2 heterocycles. The van der Waals surface area contributed by atoms with Crippen molar-refractivity contribution >= 4 is 25.9 Å². The predicted molar refractivity (Wildman–Crippen MR) is 109 cm³/mol. The number of nitrogen functional groups attached to an aromatic ring is 1. The van der Waals surface area contributed by atoms with Crippen LogP contribution in [0.1, 0.15) is 20.3 Å². The number of aromatic amines is 1. The highest BCUT2D eigenvalue weighted by molar-refractivity contribution is 7.92. The van der Waals surface area contributed by atoms with Gasteiger partial charge in [0.1, 0.15) is 15.6 Å². The molecule has 0 aliphatic rings. The van der Waals surface area contributed by atoms with Gasteiger partial charge >= 0.3 is 0 Å². The largest absolute Gasteiger partial charge is 0.384 e. The third kappa shape index (κ3) is 4.30. The van der Waals surface area contributed by atoms with E-state index >= 15 is 0 Å². The number of aromatic nitrogens is 5. The van der Waals surface area contributed by atoms with Crippen molar-refractivity contribution in [3.05, 3.63) is 30.5 Å². The number of anilines is 1. The summed E-state index contributed by atoms with van der Waals surface area (Å²) in [6.45, 7) is 3.44. The average Bonchev–Trinajstić information content (AvgIpc) is 3.21. The van der Waals surface area contributed by atoms with Crippen LogP contribution in [0, 0.1) is 0 Å². The number of tetrazole rings is 1. The minimum atomic E-state index is -4.54. The highest BCUT2D eigenvalue weighted by Crippen LogP contribution is 2.38. The molecule has 0 aliphatic carbocycles. The van der Waals surface area contributed by atoms with Crippen LogP contribution >= 0.6 is 0 Å². The third-order valence-corrected chi connectivity index (χ3v) is 7.08. The van der Waals surface area contributed by atoms with E-state index in [9.17, 15) is 16.8 Å². The zero-order valence-corrected chi connectivity index (χ0v) is 17.7. The van der Waals surface area contributed by atoms with E-state index in [0.29, 0.717) is 12.0 Å². The number of nitrogens with zero attached hydrogens (tertiary/aromatic N) is 4. The Morgan fingerprint density at radius 1 is 1.17 bits per heavy atom. The van der Waals surface area contributed by atoms with Gasteiger partial charge in [-0.05, 0) is 42.3 Å². The molecule has 0 bridgehead atoms. The molecule has 0 spiro atoms. The number of nitrogens with two attached hydrogens (primary N) is 2. The molecule has 0 amide bonds. The fourth-order valence-electron chi connectivity index (χ4n) is 2.76. The molecule has 0 aliphatic heterocycles. The first-order chi connectivity index (χ1) is 14.0. The summed E-state index contributed by atoms with van der Waals surface area (Å²) in [4.78, 5) is 2.83. The first-order valence-corrected chi connectivity index (χ1v) is 11.8. The van der Waals surface area contributed by atoms with E-state index in [0.717, 1.165) is 0 Å². The van der Waals surface area contributed by atoms with Crippen LogP contribution in [-0.2, 0) is 20.0 Å². The Balaban J connectivity index is 2.40. The maximum absolute atomic E-state index is 13.0. The molecule has 3 rings (SSSR count). The Hall–Kier alpha value is -2.94. The quantitative estimate of drug-likeness (QED) is 0.387. The van der Waals surface area contributed by atoms with E-state index in [4.69, 9.17) is 10.9 Å². The zero-order chi connectivity index (χ0) is 22.1. The van der Waals surface area contributed by atoms with Crippen molar-refractivity contribution in [3.8, 4) is 22.5 Å². The van der Waals surface area contributed by atoms with Crippen molar-refractivity contribution in [2.75, 3.05) is 5.73 Å². The van der Waals surface area contributed by atoms with Gasteiger partial charge in [-0.3, -0.25) is 0 Å². The van der Waals surface area contributed by atoms with E-state index in [-0.39, 0.29) is 22.8 Å². The molecule has 1 aromatic carbocycles. The molecule has 1 atom stereocenters. The van der Waals surface area contributed by atoms with E-state index in [1.807, 2.05) is 0 Å². The summed E-state index contributed by atoms with van der Waals surface area (Å²) in [6, 6.07) is 5.28. The number of hydrogen-bond donors (Lipinski definition) is 4. The lowest BCUT2D eigenvalue weighted by Crippen LogP contribution is -2.33. The molecule has 14 heteroatoms. The normalized spacial score (nSPS) is 13.3. The van der Waals surface area contributed by atoms with E-state index in [1.165, 1.54) is 24.4 Å². The second-order valence-electron chi connectivity index (χ2n) is 6.50. The van der Waals surface area contributed by atoms with E-state index in [1.54, 1.807) is 19.9 Å². The van der Waals surface area contributed by atoms with Gasteiger partial charge in [-0.2, -0.15) is 5.21 Å². The fourth-order valence-corrected chi connectivity index (χ4v) is 5.69. The van der Waals surface area contributed by atoms with Crippen LogP contribution in [0.3, 0.4) is 0 Å². The average molecular weight is 453 g/mol. The van der Waals surface area contributed by atoms with Crippen LogP contribution in [0.4, 0.5) is 5.82 Å². The maximum Gasteiger partial charge on any atom is 0.242 e. The van der Waals surface area contributed by atoms with Crippen molar-refractivity contribution in [3.63, 3.8) is 0 Å². The molecular formula is C16H20N8O4S2. The molecule has 6 N–H and O–H groups in total. The molecular weight excluding hydrogens is 432 g/mol. The lowest BCUT2D eigenvalue weighted by atomic mass is 10.0. The Kier molecular flexibility index (Phi) is 5.85. The highest BCUT2D eigenvalue weighted by atomic mass is 32.2. The summed E-state index contributed by atoms with van der Waals surface area (Å²) in [5.41, 5.74) is 6.24. The van der Waals surface area contributed by atoms with Gasteiger partial charge in [-0.15, -0.1) is 10.2 Å². The molecule has 160 valence electrons. The van der Waals surface area contributed by atoms with Crippen molar-refractivity contribution in [2.24, 2.45) is 5.14 Å². The molecule has 0 saturated heterocycles. The molecule has 0 saturated carbocycles. The highest BCUT2D eigenvalue weighted by Gasteiger charge is 2.32. The fraction of sp³-hybridized carbons (Fsp3) is 0.250. The number of benzene rings is 1. The van der Waals surface area contributed by atoms with Crippen LogP contribution in [0.25, 0.3) is 22.5 Å². The minimum Gasteiger partial charge on any atom is -0.384 e. The van der Waals surface area contributed by atoms with Crippen LogP contribution in [-0.4, -0.2) is 48.5 Å². The Morgan fingerprint density at radius 2 is 1.90 bits per heavy atom. The molecule has 3 aromatic rings. The van der Waals surface area contributed by atoms with Crippen molar-refractivity contribution in [1.29, 1.82) is 0 Å². The number of rotatable bonds is 7. The molecule has 2 aromatic heterocycles. The van der Waals surface area contributed by atoms with Gasteiger partial charge in [0, 0.05) is 17.8 Å². The van der Waals surface area contributed by atoms with Crippen LogP contribution in [0.2, 0.25) is 0 Å². The van der Waals surface area contributed by atoms with Gasteiger partial charge in [-0.1, -0.05) is 13.0 Å². The van der Waals surface area contributed by atoms with Gasteiger partial charge in [0.2, 0.25) is 25.9 Å². The number of hydrogen-bond acceptors (Lipinski definition) is 9. The molecule has 0 unspecified atom stereocenters. The molecule has 30 heavy (non-hydrogen) atoms. The summed E-state index contributed by atoms with van der Waals surface area (Å²) < 4.78 is 53.5. The van der Waals surface area contributed by atoms with E-state index in [2.05, 4.69) is 30.3 Å². The summed E-state index contributed by atoms with van der Waals surface area (Å²) in [5.74, 6) is 0.106. The monoisotopic (exact) mass is 452 g/mol. The zero-order valence-electron chi connectivity index (χ0n) is 16.1. The van der Waals surface area contributed by atoms with Crippen LogP contribution in [0.5, 0.6) is 0 Å². The maximum atomic E-state index is 13.0. The molecule has 0 radical (unpaired) electrons. The van der Waals surface area contributed by atoms with Crippen molar-refractivity contribution in [1.82, 2.24) is 30.3 Å². The van der Waals surface area contributed by atoms with Crippen molar-refractivity contribution in [2.45, 2.75) is 36.1 Å². The number of nitrogens with one attached hydrogen (secondary N) is 2. The summed E-state index contributed by atoms with van der Waals surface area (Å²) in [6.07, 6.45) is 1.91. The minimum absolute atomic E-state index is 0.121. The van der Waals surface area contributed by atoms with Gasteiger partial charge in [0.15, 0.2) is 0 Å². The van der Waals surface area contributed by atoms with Crippen LogP contribution in [0.15, 0.2) is 40.3 Å². The Bertz CT molecular complexity index is 1260. The summed E-state index contributed by atoms with van der Waals surface area (Å²) >= 11 is 0. The number of primary sulfonamides is 1. The van der Waals surface area contributed by atoms with Crippen molar-refractivity contribution < 1.29 is 16.8 Å². The third-order valence-electron chi connectivity index (χ3n) is 4.33. The van der Waals surface area contributed by atoms with Crippen LogP contribution < -0.4 is 15.6 Å². The number of pyridine rings is 1. The van der Waals surface area contributed by atoms with Gasteiger partial charge < -0.3 is 5.73 Å². The lowest BCUT2D eigenvalue weighted by molar-refractivity contribution is 0.551. The Labute approximate surface area is 173 Å². The van der Waals surface area contributed by atoms with Gasteiger partial charge in [0.25, 0.3) is 0 Å². The topological polar surface area (TPSA) is 200 Å².